The molecule has 0 radical (unpaired) electrons. The Bertz CT molecular complexity index is 599. The number of nitrogens with zero attached hydrogens (tertiary/aromatic N) is 1. The van der Waals surface area contributed by atoms with Gasteiger partial charge in [0.25, 0.3) is 0 Å². The van der Waals surface area contributed by atoms with Crippen LogP contribution in [0.25, 0.3) is 0 Å². The van der Waals surface area contributed by atoms with Gasteiger partial charge in [-0.25, -0.2) is 0 Å². The van der Waals surface area contributed by atoms with E-state index in [1.165, 1.54) is 0 Å². The van der Waals surface area contributed by atoms with Crippen LogP contribution in [0.3, 0.4) is 0 Å². The first-order valence-corrected chi connectivity index (χ1v) is 7.33. The SMILES string of the molecule is Cc1cccc(C(O)c2cncc(OC(C)C)c2)c1Br. The van der Waals surface area contributed by atoms with E-state index in [-0.39, 0.29) is 6.10 Å². The molecule has 1 aromatic carbocycles. The third-order valence-corrected chi connectivity index (χ3v) is 4.02. The number of aryl methyl sites for hydroxylation is 1. The Balaban J connectivity index is 2.33. The van der Waals surface area contributed by atoms with Crippen LogP contribution in [-0.2, 0) is 0 Å². The third kappa shape index (κ3) is 3.38. The van der Waals surface area contributed by atoms with E-state index in [4.69, 9.17) is 4.74 Å². The van der Waals surface area contributed by atoms with Gasteiger partial charge in [-0.05, 0) is 38.0 Å². The molecule has 0 fully saturated rings. The molecule has 2 aromatic rings. The van der Waals surface area contributed by atoms with Crippen LogP contribution >= 0.6 is 15.9 Å². The van der Waals surface area contributed by atoms with Crippen molar-refractivity contribution in [1.82, 2.24) is 4.98 Å². The van der Waals surface area contributed by atoms with E-state index in [2.05, 4.69) is 20.9 Å². The van der Waals surface area contributed by atoms with Crippen molar-refractivity contribution in [3.63, 3.8) is 0 Å². The van der Waals surface area contributed by atoms with Crippen LogP contribution in [0.4, 0.5) is 0 Å². The van der Waals surface area contributed by atoms with E-state index in [0.29, 0.717) is 5.75 Å². The summed E-state index contributed by atoms with van der Waals surface area (Å²) in [7, 11) is 0. The number of rotatable bonds is 4. The molecule has 4 heteroatoms. The number of hydrogen-bond donors (Lipinski definition) is 1. The minimum absolute atomic E-state index is 0.0786. The lowest BCUT2D eigenvalue weighted by Crippen LogP contribution is -2.07. The first-order valence-electron chi connectivity index (χ1n) is 6.53. The van der Waals surface area contributed by atoms with E-state index < -0.39 is 6.10 Å². The minimum atomic E-state index is -0.729. The molecule has 3 nitrogen and oxygen atoms in total. The van der Waals surface area contributed by atoms with E-state index in [9.17, 15) is 5.11 Å². The lowest BCUT2D eigenvalue weighted by Gasteiger charge is -2.16. The second kappa shape index (κ2) is 6.37. The molecular weight excluding hydrogens is 318 g/mol. The molecule has 1 N–H and O–H groups in total. The van der Waals surface area contributed by atoms with Gasteiger partial charge in [0.15, 0.2) is 0 Å². The average molecular weight is 336 g/mol. The van der Waals surface area contributed by atoms with Gasteiger partial charge in [0.2, 0.25) is 0 Å². The third-order valence-electron chi connectivity index (χ3n) is 2.94. The number of benzene rings is 1. The number of aromatic nitrogens is 1. The summed E-state index contributed by atoms with van der Waals surface area (Å²) in [4.78, 5) is 4.14. The van der Waals surface area contributed by atoms with Crippen molar-refractivity contribution in [3.8, 4) is 5.75 Å². The van der Waals surface area contributed by atoms with Crippen LogP contribution in [0.1, 0.15) is 36.6 Å². The number of aliphatic hydroxyl groups is 1. The largest absolute Gasteiger partial charge is 0.489 e. The highest BCUT2D eigenvalue weighted by atomic mass is 79.9. The number of halogens is 1. The summed E-state index contributed by atoms with van der Waals surface area (Å²) >= 11 is 3.53. The monoisotopic (exact) mass is 335 g/mol. The molecule has 0 aliphatic heterocycles. The Morgan fingerprint density at radius 3 is 2.70 bits per heavy atom. The Morgan fingerprint density at radius 1 is 1.25 bits per heavy atom. The Labute approximate surface area is 127 Å². The van der Waals surface area contributed by atoms with Crippen molar-refractivity contribution in [2.75, 3.05) is 0 Å². The van der Waals surface area contributed by atoms with E-state index in [1.807, 2.05) is 45.0 Å². The molecule has 2 rings (SSSR count). The Morgan fingerprint density at radius 2 is 2.00 bits per heavy atom. The van der Waals surface area contributed by atoms with Gasteiger partial charge >= 0.3 is 0 Å². The summed E-state index contributed by atoms with van der Waals surface area (Å²) in [6, 6.07) is 7.65. The fourth-order valence-corrected chi connectivity index (χ4v) is 2.46. The smallest absolute Gasteiger partial charge is 0.138 e. The molecule has 20 heavy (non-hydrogen) atoms. The molecule has 1 unspecified atom stereocenters. The zero-order chi connectivity index (χ0) is 14.7. The molecule has 0 aliphatic rings. The van der Waals surface area contributed by atoms with Crippen LogP contribution in [0.5, 0.6) is 5.75 Å². The summed E-state index contributed by atoms with van der Waals surface area (Å²) in [6.07, 6.45) is 2.66. The second-order valence-electron chi connectivity index (χ2n) is 5.00. The predicted octanol–water partition coefficient (Wildman–Crippen LogP) is 4.02. The van der Waals surface area contributed by atoms with Gasteiger partial charge in [-0.2, -0.15) is 0 Å². The van der Waals surface area contributed by atoms with Crippen LogP contribution < -0.4 is 4.74 Å². The van der Waals surface area contributed by atoms with E-state index in [0.717, 1.165) is 21.2 Å². The standard InChI is InChI=1S/C16H18BrNO2/c1-10(2)20-13-7-12(8-18-9-13)16(19)14-6-4-5-11(3)15(14)17/h4-10,16,19H,1-3H3. The summed E-state index contributed by atoms with van der Waals surface area (Å²) < 4.78 is 6.53. The zero-order valence-electron chi connectivity index (χ0n) is 11.8. The normalized spacial score (nSPS) is 12.5. The van der Waals surface area contributed by atoms with Crippen molar-refractivity contribution in [1.29, 1.82) is 0 Å². The van der Waals surface area contributed by atoms with E-state index in [1.54, 1.807) is 12.4 Å². The number of aliphatic hydroxyl groups excluding tert-OH is 1. The minimum Gasteiger partial charge on any atom is -0.489 e. The van der Waals surface area contributed by atoms with Crippen LogP contribution in [0, 0.1) is 6.92 Å². The Kier molecular flexibility index (Phi) is 4.78. The maximum Gasteiger partial charge on any atom is 0.138 e. The fourth-order valence-electron chi connectivity index (χ4n) is 1.98. The quantitative estimate of drug-likeness (QED) is 0.917. The molecule has 0 saturated heterocycles. The topological polar surface area (TPSA) is 42.4 Å². The Hall–Kier alpha value is -1.39. The van der Waals surface area contributed by atoms with Crippen molar-refractivity contribution >= 4 is 15.9 Å². The van der Waals surface area contributed by atoms with Gasteiger partial charge in [0.05, 0.1) is 12.3 Å². The second-order valence-corrected chi connectivity index (χ2v) is 5.79. The molecule has 1 heterocycles. The summed E-state index contributed by atoms with van der Waals surface area (Å²) in [6.45, 7) is 5.91. The number of hydrogen-bond acceptors (Lipinski definition) is 3. The van der Waals surface area contributed by atoms with Gasteiger partial charge in [-0.3, -0.25) is 4.98 Å². The maximum absolute atomic E-state index is 10.5. The van der Waals surface area contributed by atoms with Gasteiger partial charge in [0.1, 0.15) is 11.9 Å². The number of ether oxygens (including phenoxy) is 1. The van der Waals surface area contributed by atoms with Crippen molar-refractivity contribution < 1.29 is 9.84 Å². The van der Waals surface area contributed by atoms with Crippen LogP contribution in [-0.4, -0.2) is 16.2 Å². The van der Waals surface area contributed by atoms with Gasteiger partial charge in [-0.1, -0.05) is 34.1 Å². The first-order chi connectivity index (χ1) is 9.49. The molecule has 1 atom stereocenters. The zero-order valence-corrected chi connectivity index (χ0v) is 13.4. The maximum atomic E-state index is 10.5. The van der Waals surface area contributed by atoms with Gasteiger partial charge in [0, 0.05) is 16.2 Å². The summed E-state index contributed by atoms with van der Waals surface area (Å²) in [5.41, 5.74) is 2.63. The highest BCUT2D eigenvalue weighted by Gasteiger charge is 2.16. The van der Waals surface area contributed by atoms with Crippen LogP contribution in [0.2, 0.25) is 0 Å². The highest BCUT2D eigenvalue weighted by Crippen LogP contribution is 2.31. The van der Waals surface area contributed by atoms with Gasteiger partial charge < -0.3 is 9.84 Å². The summed E-state index contributed by atoms with van der Waals surface area (Å²) in [5.74, 6) is 0.667. The van der Waals surface area contributed by atoms with E-state index >= 15 is 0 Å². The number of pyridine rings is 1. The molecule has 0 amide bonds. The van der Waals surface area contributed by atoms with Crippen molar-refractivity contribution in [2.24, 2.45) is 0 Å². The average Bonchev–Trinajstić information content (AvgIpc) is 2.41. The van der Waals surface area contributed by atoms with Gasteiger partial charge in [-0.15, -0.1) is 0 Å². The van der Waals surface area contributed by atoms with Crippen molar-refractivity contribution in [3.05, 3.63) is 57.8 Å². The first kappa shape index (κ1) is 15.0. The van der Waals surface area contributed by atoms with Crippen LogP contribution in [0.15, 0.2) is 41.1 Å². The molecule has 106 valence electrons. The predicted molar refractivity (Wildman–Crippen MR) is 82.9 cm³/mol. The lowest BCUT2D eigenvalue weighted by molar-refractivity contribution is 0.215. The molecule has 0 bridgehead atoms. The van der Waals surface area contributed by atoms with Crippen molar-refractivity contribution in [2.45, 2.75) is 33.0 Å². The molecular formula is C16H18BrNO2. The fraction of sp³-hybridized carbons (Fsp3) is 0.312. The lowest BCUT2D eigenvalue weighted by atomic mass is 10.0. The highest BCUT2D eigenvalue weighted by molar-refractivity contribution is 9.10. The molecule has 0 saturated carbocycles. The molecule has 0 aliphatic carbocycles. The molecule has 1 aromatic heterocycles. The molecule has 0 spiro atoms. The summed E-state index contributed by atoms with van der Waals surface area (Å²) in [5, 5.41) is 10.5.